The Labute approximate surface area is 110 Å². The molecule has 0 aliphatic heterocycles. The van der Waals surface area contributed by atoms with E-state index in [2.05, 4.69) is 11.6 Å². The van der Waals surface area contributed by atoms with Crippen LogP contribution in [0.1, 0.15) is 39.5 Å². The molecule has 0 heterocycles. The first-order chi connectivity index (χ1) is 8.37. The average molecular weight is 279 g/mol. The minimum absolute atomic E-state index is 0.0483. The van der Waals surface area contributed by atoms with Gasteiger partial charge in [-0.15, -0.1) is 0 Å². The van der Waals surface area contributed by atoms with Crippen molar-refractivity contribution in [2.24, 2.45) is 5.92 Å². The van der Waals surface area contributed by atoms with Crippen molar-refractivity contribution < 1.29 is 18.3 Å². The van der Waals surface area contributed by atoms with Crippen molar-refractivity contribution in [3.63, 3.8) is 0 Å². The smallest absolute Gasteiger partial charge is 0.213 e. The van der Waals surface area contributed by atoms with E-state index in [1.165, 1.54) is 0 Å². The van der Waals surface area contributed by atoms with E-state index in [1.54, 1.807) is 0 Å². The van der Waals surface area contributed by atoms with E-state index in [0.29, 0.717) is 25.4 Å². The van der Waals surface area contributed by atoms with Gasteiger partial charge >= 0.3 is 0 Å². The van der Waals surface area contributed by atoms with Gasteiger partial charge in [0.2, 0.25) is 10.0 Å². The maximum atomic E-state index is 11.7. The Morgan fingerprint density at radius 3 is 2.56 bits per heavy atom. The standard InChI is InChI=1S/C12H25NO4S/c1-3-17-8-9-18(15,16)13-10-12(14)6-4-11(2)5-7-12/h11,13-14H,3-10H2,1-2H3. The molecule has 0 atom stereocenters. The lowest BCUT2D eigenvalue weighted by Crippen LogP contribution is -2.45. The van der Waals surface area contributed by atoms with E-state index >= 15 is 0 Å². The van der Waals surface area contributed by atoms with E-state index < -0.39 is 15.6 Å². The molecule has 18 heavy (non-hydrogen) atoms. The van der Waals surface area contributed by atoms with Crippen LogP contribution >= 0.6 is 0 Å². The highest BCUT2D eigenvalue weighted by Gasteiger charge is 2.32. The highest BCUT2D eigenvalue weighted by Crippen LogP contribution is 2.31. The molecule has 0 bridgehead atoms. The van der Waals surface area contributed by atoms with Crippen molar-refractivity contribution in [3.8, 4) is 0 Å². The molecule has 1 rings (SSSR count). The van der Waals surface area contributed by atoms with Crippen LogP contribution in [0, 0.1) is 5.92 Å². The van der Waals surface area contributed by atoms with Crippen LogP contribution in [-0.2, 0) is 14.8 Å². The monoisotopic (exact) mass is 279 g/mol. The van der Waals surface area contributed by atoms with Gasteiger partial charge in [0.25, 0.3) is 0 Å². The second-order valence-electron chi connectivity index (χ2n) is 5.24. The molecule has 0 aromatic rings. The highest BCUT2D eigenvalue weighted by atomic mass is 32.2. The van der Waals surface area contributed by atoms with Gasteiger partial charge in [-0.3, -0.25) is 0 Å². The van der Waals surface area contributed by atoms with Gasteiger partial charge < -0.3 is 9.84 Å². The Kier molecular flexibility index (Phi) is 6.04. The Morgan fingerprint density at radius 1 is 1.39 bits per heavy atom. The summed E-state index contributed by atoms with van der Waals surface area (Å²) in [5, 5.41) is 10.3. The van der Waals surface area contributed by atoms with Gasteiger partial charge in [-0.2, -0.15) is 0 Å². The van der Waals surface area contributed by atoms with Gasteiger partial charge in [0.15, 0.2) is 0 Å². The predicted molar refractivity (Wildman–Crippen MR) is 70.9 cm³/mol. The zero-order valence-electron chi connectivity index (χ0n) is 11.3. The van der Waals surface area contributed by atoms with Crippen LogP contribution in [0.4, 0.5) is 0 Å². The van der Waals surface area contributed by atoms with Crippen molar-refractivity contribution in [1.82, 2.24) is 4.72 Å². The molecule has 108 valence electrons. The summed E-state index contributed by atoms with van der Waals surface area (Å²) < 4.78 is 30.8. The fourth-order valence-electron chi connectivity index (χ4n) is 2.11. The number of ether oxygens (including phenoxy) is 1. The van der Waals surface area contributed by atoms with Gasteiger partial charge in [0.1, 0.15) is 0 Å². The van der Waals surface area contributed by atoms with Gasteiger partial charge in [0.05, 0.1) is 18.0 Å². The van der Waals surface area contributed by atoms with Crippen LogP contribution in [0.2, 0.25) is 0 Å². The highest BCUT2D eigenvalue weighted by molar-refractivity contribution is 7.89. The molecule has 1 saturated carbocycles. The molecular formula is C12H25NO4S. The second-order valence-corrected chi connectivity index (χ2v) is 7.17. The summed E-state index contributed by atoms with van der Waals surface area (Å²) in [5.41, 5.74) is -0.870. The summed E-state index contributed by atoms with van der Waals surface area (Å²) in [6.45, 7) is 4.81. The topological polar surface area (TPSA) is 75.6 Å². The van der Waals surface area contributed by atoms with Crippen molar-refractivity contribution in [2.75, 3.05) is 25.5 Å². The first-order valence-corrected chi connectivity index (χ1v) is 8.29. The fourth-order valence-corrected chi connectivity index (χ4v) is 3.08. The third-order valence-electron chi connectivity index (χ3n) is 3.53. The first-order valence-electron chi connectivity index (χ1n) is 6.64. The van der Waals surface area contributed by atoms with Crippen LogP contribution in [0.3, 0.4) is 0 Å². The number of sulfonamides is 1. The van der Waals surface area contributed by atoms with Crippen molar-refractivity contribution >= 4 is 10.0 Å². The molecule has 0 aromatic heterocycles. The largest absolute Gasteiger partial charge is 0.389 e. The Balaban J connectivity index is 2.34. The third kappa shape index (κ3) is 5.65. The van der Waals surface area contributed by atoms with Gasteiger partial charge in [-0.1, -0.05) is 6.92 Å². The fraction of sp³-hybridized carbons (Fsp3) is 1.00. The summed E-state index contributed by atoms with van der Waals surface area (Å²) in [4.78, 5) is 0. The summed E-state index contributed by atoms with van der Waals surface area (Å²) in [6.07, 6.45) is 3.25. The molecule has 0 amide bonds. The average Bonchev–Trinajstić information content (AvgIpc) is 2.32. The number of rotatable bonds is 7. The predicted octanol–water partition coefficient (Wildman–Crippen LogP) is 0.883. The number of nitrogens with one attached hydrogen (secondary N) is 1. The summed E-state index contributed by atoms with van der Waals surface area (Å²) in [5.74, 6) is 0.577. The molecule has 1 aliphatic rings. The van der Waals surface area contributed by atoms with Crippen molar-refractivity contribution in [3.05, 3.63) is 0 Å². The molecule has 0 unspecified atom stereocenters. The van der Waals surface area contributed by atoms with Crippen LogP contribution < -0.4 is 4.72 Å². The quantitative estimate of drug-likeness (QED) is 0.678. The lowest BCUT2D eigenvalue weighted by atomic mass is 9.80. The number of aliphatic hydroxyl groups is 1. The van der Waals surface area contributed by atoms with E-state index in [0.717, 1.165) is 12.8 Å². The third-order valence-corrected chi connectivity index (χ3v) is 4.81. The minimum Gasteiger partial charge on any atom is -0.389 e. The van der Waals surface area contributed by atoms with Crippen molar-refractivity contribution in [2.45, 2.75) is 45.1 Å². The first kappa shape index (κ1) is 15.9. The zero-order valence-corrected chi connectivity index (χ0v) is 12.1. The molecular weight excluding hydrogens is 254 g/mol. The maximum absolute atomic E-state index is 11.7. The SMILES string of the molecule is CCOCCS(=O)(=O)NCC1(O)CCC(C)CC1. The molecule has 0 radical (unpaired) electrons. The van der Waals surface area contributed by atoms with Crippen LogP contribution in [0.25, 0.3) is 0 Å². The molecule has 1 aliphatic carbocycles. The lowest BCUT2D eigenvalue weighted by molar-refractivity contribution is -0.00186. The zero-order chi connectivity index (χ0) is 13.6. The molecule has 0 saturated heterocycles. The molecule has 0 spiro atoms. The Hall–Kier alpha value is -0.170. The van der Waals surface area contributed by atoms with Crippen LogP contribution in [-0.4, -0.2) is 44.6 Å². The maximum Gasteiger partial charge on any atom is 0.213 e. The number of hydrogen-bond acceptors (Lipinski definition) is 4. The van der Waals surface area contributed by atoms with Gasteiger partial charge in [-0.05, 0) is 38.5 Å². The van der Waals surface area contributed by atoms with Crippen LogP contribution in [0.15, 0.2) is 0 Å². The number of hydrogen-bond donors (Lipinski definition) is 2. The Morgan fingerprint density at radius 2 is 2.00 bits per heavy atom. The van der Waals surface area contributed by atoms with E-state index in [4.69, 9.17) is 4.74 Å². The summed E-state index contributed by atoms with van der Waals surface area (Å²) >= 11 is 0. The van der Waals surface area contributed by atoms with E-state index in [9.17, 15) is 13.5 Å². The molecule has 5 nitrogen and oxygen atoms in total. The normalized spacial score (nSPS) is 29.4. The molecule has 1 fully saturated rings. The summed E-state index contributed by atoms with van der Waals surface area (Å²) in [7, 11) is -3.34. The molecule has 0 aromatic carbocycles. The molecule has 6 heteroatoms. The van der Waals surface area contributed by atoms with Gasteiger partial charge in [-0.25, -0.2) is 13.1 Å². The van der Waals surface area contributed by atoms with E-state index in [-0.39, 0.29) is 18.9 Å². The second kappa shape index (κ2) is 6.84. The molecule has 2 N–H and O–H groups in total. The van der Waals surface area contributed by atoms with Crippen LogP contribution in [0.5, 0.6) is 0 Å². The minimum atomic E-state index is -3.34. The van der Waals surface area contributed by atoms with Crippen molar-refractivity contribution in [1.29, 1.82) is 0 Å². The lowest BCUT2D eigenvalue weighted by Gasteiger charge is -2.34. The van der Waals surface area contributed by atoms with E-state index in [1.807, 2.05) is 6.92 Å². The van der Waals surface area contributed by atoms with Gasteiger partial charge in [0, 0.05) is 13.2 Å². The Bertz CT molecular complexity index is 334. The summed E-state index contributed by atoms with van der Waals surface area (Å²) in [6, 6.07) is 0.